The third-order valence-corrected chi connectivity index (χ3v) is 14.8. The Labute approximate surface area is 467 Å². The molecule has 0 aliphatic rings. The van der Waals surface area contributed by atoms with Gasteiger partial charge >= 0.3 is 17.9 Å². The van der Waals surface area contributed by atoms with Gasteiger partial charge < -0.3 is 14.2 Å². The first-order chi connectivity index (χ1) is 37.0. The van der Waals surface area contributed by atoms with E-state index < -0.39 is 6.10 Å². The molecular weight excluding hydrogens is 925 g/mol. The monoisotopic (exact) mass is 1050 g/mol. The van der Waals surface area contributed by atoms with Crippen molar-refractivity contribution in [2.45, 2.75) is 361 Å². The molecule has 0 saturated heterocycles. The zero-order valence-electron chi connectivity index (χ0n) is 50.3. The highest BCUT2D eigenvalue weighted by Crippen LogP contribution is 2.18. The van der Waals surface area contributed by atoms with Crippen molar-refractivity contribution in [2.24, 2.45) is 0 Å². The van der Waals surface area contributed by atoms with Crippen LogP contribution in [0.4, 0.5) is 0 Å². The van der Waals surface area contributed by atoms with Gasteiger partial charge in [-0.2, -0.15) is 0 Å². The molecular formula is C69H126O6. The van der Waals surface area contributed by atoms with Gasteiger partial charge in [0.25, 0.3) is 0 Å². The number of carbonyl (C=O) groups excluding carboxylic acids is 3. The minimum Gasteiger partial charge on any atom is -0.462 e. The molecule has 0 aliphatic heterocycles. The highest BCUT2D eigenvalue weighted by Gasteiger charge is 2.19. The number of allylic oxidation sites excluding steroid dienone is 8. The largest absolute Gasteiger partial charge is 0.462 e. The maximum atomic E-state index is 12.9. The summed E-state index contributed by atoms with van der Waals surface area (Å²) in [5.74, 6) is -0.904. The first-order valence-electron chi connectivity index (χ1n) is 33.1. The first-order valence-corrected chi connectivity index (χ1v) is 33.1. The number of hydrogen-bond acceptors (Lipinski definition) is 6. The third-order valence-electron chi connectivity index (χ3n) is 14.8. The van der Waals surface area contributed by atoms with Crippen LogP contribution in [0, 0.1) is 0 Å². The van der Waals surface area contributed by atoms with Gasteiger partial charge in [-0.25, -0.2) is 0 Å². The van der Waals surface area contributed by atoms with Crippen LogP contribution < -0.4 is 0 Å². The lowest BCUT2D eigenvalue weighted by Gasteiger charge is -2.18. The summed E-state index contributed by atoms with van der Waals surface area (Å²) in [6.45, 7) is 6.53. The highest BCUT2D eigenvalue weighted by molar-refractivity contribution is 5.71. The highest BCUT2D eigenvalue weighted by atomic mass is 16.6. The Morgan fingerprint density at radius 3 is 0.840 bits per heavy atom. The van der Waals surface area contributed by atoms with Crippen LogP contribution in [0.1, 0.15) is 355 Å². The SMILES string of the molecule is CC/C=C\C/C=C\C/C=C\CCCCCC(=O)OCC(COC(=O)CCCCCCCCCCCCCCCCCCCCCCCCCCCCCCCC)OC(=O)CCCCCCC/C=C\CCCCCCC. The van der Waals surface area contributed by atoms with E-state index in [4.69, 9.17) is 14.2 Å². The van der Waals surface area contributed by atoms with Crippen molar-refractivity contribution in [3.8, 4) is 0 Å². The summed E-state index contributed by atoms with van der Waals surface area (Å²) >= 11 is 0. The van der Waals surface area contributed by atoms with Crippen molar-refractivity contribution in [1.29, 1.82) is 0 Å². The van der Waals surface area contributed by atoms with Crippen LogP contribution in [0.15, 0.2) is 48.6 Å². The Morgan fingerprint density at radius 1 is 0.280 bits per heavy atom. The van der Waals surface area contributed by atoms with Crippen molar-refractivity contribution in [3.63, 3.8) is 0 Å². The molecule has 0 rings (SSSR count). The number of ether oxygens (including phenoxy) is 3. The van der Waals surface area contributed by atoms with Gasteiger partial charge in [0.15, 0.2) is 6.10 Å². The number of unbranched alkanes of at least 4 members (excludes halogenated alkanes) is 42. The number of carbonyl (C=O) groups is 3. The molecule has 75 heavy (non-hydrogen) atoms. The van der Waals surface area contributed by atoms with E-state index in [1.807, 2.05) is 0 Å². The fraction of sp³-hybridized carbons (Fsp3) is 0.841. The molecule has 0 aliphatic carbocycles. The molecule has 1 unspecified atom stereocenters. The topological polar surface area (TPSA) is 78.9 Å². The van der Waals surface area contributed by atoms with E-state index in [0.717, 1.165) is 96.3 Å². The Morgan fingerprint density at radius 2 is 0.520 bits per heavy atom. The average Bonchev–Trinajstić information content (AvgIpc) is 3.41. The molecule has 0 bridgehead atoms. The summed E-state index contributed by atoms with van der Waals surface area (Å²) < 4.78 is 16.9. The van der Waals surface area contributed by atoms with Crippen molar-refractivity contribution in [2.75, 3.05) is 13.2 Å². The molecule has 6 heteroatoms. The second-order valence-corrected chi connectivity index (χ2v) is 22.4. The molecule has 0 aromatic heterocycles. The molecule has 0 spiro atoms. The second kappa shape index (κ2) is 63.9. The minimum absolute atomic E-state index is 0.0827. The summed E-state index contributed by atoms with van der Waals surface area (Å²) in [7, 11) is 0. The van der Waals surface area contributed by atoms with Crippen LogP contribution in [-0.4, -0.2) is 37.2 Å². The smallest absolute Gasteiger partial charge is 0.306 e. The summed E-state index contributed by atoms with van der Waals surface area (Å²) in [5, 5.41) is 0. The quantitative estimate of drug-likeness (QED) is 0.0261. The predicted molar refractivity (Wildman–Crippen MR) is 325 cm³/mol. The van der Waals surface area contributed by atoms with E-state index in [1.54, 1.807) is 0 Å². The molecule has 0 aromatic carbocycles. The lowest BCUT2D eigenvalue weighted by molar-refractivity contribution is -0.167. The molecule has 0 fully saturated rings. The van der Waals surface area contributed by atoms with Gasteiger partial charge in [0, 0.05) is 19.3 Å². The van der Waals surface area contributed by atoms with Crippen LogP contribution in [0.25, 0.3) is 0 Å². The van der Waals surface area contributed by atoms with E-state index in [2.05, 4.69) is 69.4 Å². The van der Waals surface area contributed by atoms with Crippen molar-refractivity contribution < 1.29 is 28.6 Å². The van der Waals surface area contributed by atoms with Crippen LogP contribution in [0.5, 0.6) is 0 Å². The van der Waals surface area contributed by atoms with E-state index in [9.17, 15) is 14.4 Å². The zero-order valence-corrected chi connectivity index (χ0v) is 50.3. The van der Waals surface area contributed by atoms with Crippen molar-refractivity contribution >= 4 is 17.9 Å². The van der Waals surface area contributed by atoms with Gasteiger partial charge in [0.05, 0.1) is 0 Å². The number of rotatable bonds is 61. The maximum Gasteiger partial charge on any atom is 0.306 e. The fourth-order valence-corrected chi connectivity index (χ4v) is 9.87. The Kier molecular flexibility index (Phi) is 61.7. The molecule has 6 nitrogen and oxygen atoms in total. The molecule has 0 radical (unpaired) electrons. The van der Waals surface area contributed by atoms with Gasteiger partial charge in [-0.05, 0) is 77.0 Å². The van der Waals surface area contributed by atoms with E-state index in [1.165, 1.54) is 218 Å². The molecule has 1 atom stereocenters. The Bertz CT molecular complexity index is 1300. The van der Waals surface area contributed by atoms with Crippen LogP contribution in [0.2, 0.25) is 0 Å². The van der Waals surface area contributed by atoms with E-state index in [-0.39, 0.29) is 31.1 Å². The first kappa shape index (κ1) is 72.4. The molecule has 0 heterocycles. The summed E-state index contributed by atoms with van der Waals surface area (Å²) in [6, 6.07) is 0. The van der Waals surface area contributed by atoms with Gasteiger partial charge in [0.2, 0.25) is 0 Å². The summed E-state index contributed by atoms with van der Waals surface area (Å²) in [5.41, 5.74) is 0. The second-order valence-electron chi connectivity index (χ2n) is 22.4. The van der Waals surface area contributed by atoms with Gasteiger partial charge in [0.1, 0.15) is 13.2 Å². The van der Waals surface area contributed by atoms with Crippen LogP contribution >= 0.6 is 0 Å². The number of esters is 3. The number of hydrogen-bond donors (Lipinski definition) is 0. The van der Waals surface area contributed by atoms with E-state index in [0.29, 0.717) is 19.3 Å². The molecule has 0 amide bonds. The minimum atomic E-state index is -0.788. The Hall–Kier alpha value is -2.63. The Balaban J connectivity index is 4.13. The van der Waals surface area contributed by atoms with E-state index >= 15 is 0 Å². The van der Waals surface area contributed by atoms with Crippen molar-refractivity contribution in [1.82, 2.24) is 0 Å². The normalized spacial score (nSPS) is 12.3. The lowest BCUT2D eigenvalue weighted by atomic mass is 10.0. The van der Waals surface area contributed by atoms with Crippen LogP contribution in [0.3, 0.4) is 0 Å². The summed E-state index contributed by atoms with van der Waals surface area (Å²) in [6.07, 6.45) is 80.1. The standard InChI is InChI=1S/C69H126O6/c1-4-7-10-13-16-19-22-25-27-28-29-30-31-32-33-34-35-36-37-38-39-40-41-42-45-47-50-53-56-59-62-68(71)74-65-66(64-73-67(70)61-58-55-52-49-46-43-24-21-18-15-12-9-6-3)75-69(72)63-60-57-54-51-48-44-26-23-20-17-14-11-8-5-2/h9,12,18,21,23,26,43,46,66H,4-8,10-11,13-17,19-20,22,24-25,27-42,44-45,47-65H2,1-3H3/b12-9-,21-18-,26-23-,46-43-. The predicted octanol–water partition coefficient (Wildman–Crippen LogP) is 22.6. The molecule has 0 aromatic rings. The van der Waals surface area contributed by atoms with Gasteiger partial charge in [-0.3, -0.25) is 14.4 Å². The van der Waals surface area contributed by atoms with Crippen molar-refractivity contribution in [3.05, 3.63) is 48.6 Å². The zero-order chi connectivity index (χ0) is 54.3. The molecule has 0 saturated carbocycles. The molecule has 0 N–H and O–H groups in total. The average molecular weight is 1050 g/mol. The fourth-order valence-electron chi connectivity index (χ4n) is 9.87. The maximum absolute atomic E-state index is 12.9. The summed E-state index contributed by atoms with van der Waals surface area (Å²) in [4.78, 5) is 38.2. The van der Waals surface area contributed by atoms with Crippen LogP contribution in [-0.2, 0) is 28.6 Å². The third kappa shape index (κ3) is 62.1. The van der Waals surface area contributed by atoms with Gasteiger partial charge in [-0.1, -0.05) is 307 Å². The molecule has 438 valence electrons. The van der Waals surface area contributed by atoms with Gasteiger partial charge in [-0.15, -0.1) is 0 Å². The lowest BCUT2D eigenvalue weighted by Crippen LogP contribution is -2.30.